The van der Waals surface area contributed by atoms with E-state index in [1.54, 1.807) is 0 Å². The van der Waals surface area contributed by atoms with Crippen LogP contribution in [0, 0.1) is 6.92 Å². The van der Waals surface area contributed by atoms with Crippen LogP contribution in [0.3, 0.4) is 0 Å². The largest absolute Gasteiger partial charge is 0.328 e. The van der Waals surface area contributed by atoms with E-state index in [2.05, 4.69) is 33.2 Å². The Kier molecular flexibility index (Phi) is 3.41. The number of rotatable bonds is 3. The zero-order valence-corrected chi connectivity index (χ0v) is 10.7. The smallest absolute Gasteiger partial charge is 0.0891 e. The minimum absolute atomic E-state index is 0.103. The fourth-order valence-electron chi connectivity index (χ4n) is 1.72. The lowest BCUT2D eigenvalue weighted by Gasteiger charge is -2.16. The van der Waals surface area contributed by atoms with Gasteiger partial charge in [0.25, 0.3) is 0 Å². The van der Waals surface area contributed by atoms with Crippen molar-refractivity contribution in [2.75, 3.05) is 6.54 Å². The van der Waals surface area contributed by atoms with Crippen molar-refractivity contribution in [1.29, 1.82) is 0 Å². The van der Waals surface area contributed by atoms with Crippen LogP contribution in [-0.2, 0) is 0 Å². The number of aromatic nitrogens is 2. The number of nitrogens with zero attached hydrogens (tertiary/aromatic N) is 2. The third-order valence-electron chi connectivity index (χ3n) is 2.52. The molecule has 3 nitrogen and oxygen atoms in total. The zero-order valence-electron chi connectivity index (χ0n) is 9.10. The first kappa shape index (κ1) is 11.4. The first-order valence-corrected chi connectivity index (χ1v) is 5.97. The van der Waals surface area contributed by atoms with Crippen LogP contribution < -0.4 is 5.73 Å². The molecule has 4 heteroatoms. The van der Waals surface area contributed by atoms with Gasteiger partial charge in [-0.25, -0.2) is 0 Å². The SMILES string of the molecule is Cc1ccn(C(CN)c2cccc(Br)c2)n1. The van der Waals surface area contributed by atoms with E-state index in [1.807, 2.05) is 36.0 Å². The average molecular weight is 280 g/mol. The van der Waals surface area contributed by atoms with Crippen LogP contribution in [0.15, 0.2) is 41.0 Å². The first-order chi connectivity index (χ1) is 7.70. The van der Waals surface area contributed by atoms with Gasteiger partial charge in [-0.15, -0.1) is 0 Å². The molecule has 2 rings (SSSR count). The van der Waals surface area contributed by atoms with Gasteiger partial charge >= 0.3 is 0 Å². The van der Waals surface area contributed by atoms with Crippen LogP contribution in [-0.4, -0.2) is 16.3 Å². The predicted octanol–water partition coefficient (Wildman–Crippen LogP) is 2.50. The molecule has 16 heavy (non-hydrogen) atoms. The number of halogens is 1. The molecule has 0 aliphatic heterocycles. The van der Waals surface area contributed by atoms with Crippen LogP contribution >= 0.6 is 15.9 Å². The van der Waals surface area contributed by atoms with Crippen molar-refractivity contribution in [3.05, 3.63) is 52.3 Å². The van der Waals surface area contributed by atoms with Gasteiger partial charge in [-0.2, -0.15) is 5.10 Å². The molecule has 0 aliphatic carbocycles. The van der Waals surface area contributed by atoms with Crippen molar-refractivity contribution in [2.45, 2.75) is 13.0 Å². The van der Waals surface area contributed by atoms with E-state index in [-0.39, 0.29) is 6.04 Å². The van der Waals surface area contributed by atoms with E-state index >= 15 is 0 Å². The van der Waals surface area contributed by atoms with Gasteiger partial charge in [0.15, 0.2) is 0 Å². The summed E-state index contributed by atoms with van der Waals surface area (Å²) in [7, 11) is 0. The molecule has 0 aliphatic rings. The average Bonchev–Trinajstić information content (AvgIpc) is 2.66. The molecule has 0 fully saturated rings. The molecular weight excluding hydrogens is 266 g/mol. The topological polar surface area (TPSA) is 43.8 Å². The molecule has 84 valence electrons. The minimum Gasteiger partial charge on any atom is -0.328 e. The second-order valence-corrected chi connectivity index (χ2v) is 4.66. The van der Waals surface area contributed by atoms with Gasteiger partial charge in [0, 0.05) is 17.2 Å². The third-order valence-corrected chi connectivity index (χ3v) is 3.01. The molecule has 1 heterocycles. The molecule has 0 saturated heterocycles. The molecule has 1 atom stereocenters. The summed E-state index contributed by atoms with van der Waals surface area (Å²) in [6.45, 7) is 2.52. The highest BCUT2D eigenvalue weighted by Gasteiger charge is 2.12. The second-order valence-electron chi connectivity index (χ2n) is 3.74. The Hall–Kier alpha value is -1.13. The molecule has 1 aromatic carbocycles. The Bertz CT molecular complexity index is 479. The maximum Gasteiger partial charge on any atom is 0.0891 e. The summed E-state index contributed by atoms with van der Waals surface area (Å²) in [5.41, 5.74) is 7.99. The minimum atomic E-state index is 0.103. The van der Waals surface area contributed by atoms with Crippen LogP contribution in [0.5, 0.6) is 0 Å². The van der Waals surface area contributed by atoms with Crippen molar-refractivity contribution in [3.63, 3.8) is 0 Å². The van der Waals surface area contributed by atoms with E-state index in [4.69, 9.17) is 5.73 Å². The highest BCUT2D eigenvalue weighted by molar-refractivity contribution is 9.10. The fraction of sp³-hybridized carbons (Fsp3) is 0.250. The van der Waals surface area contributed by atoms with Crippen LogP contribution in [0.4, 0.5) is 0 Å². The van der Waals surface area contributed by atoms with Crippen LogP contribution in [0.2, 0.25) is 0 Å². The number of nitrogens with two attached hydrogens (primary N) is 1. The number of aryl methyl sites for hydroxylation is 1. The third kappa shape index (κ3) is 2.33. The zero-order chi connectivity index (χ0) is 11.5. The number of hydrogen-bond acceptors (Lipinski definition) is 2. The van der Waals surface area contributed by atoms with Gasteiger partial charge in [-0.05, 0) is 30.7 Å². The number of hydrogen-bond donors (Lipinski definition) is 1. The van der Waals surface area contributed by atoms with Crippen molar-refractivity contribution in [3.8, 4) is 0 Å². The highest BCUT2D eigenvalue weighted by Crippen LogP contribution is 2.20. The van der Waals surface area contributed by atoms with Crippen LogP contribution in [0.1, 0.15) is 17.3 Å². The van der Waals surface area contributed by atoms with E-state index < -0.39 is 0 Å². The molecule has 0 bridgehead atoms. The lowest BCUT2D eigenvalue weighted by atomic mass is 10.1. The second kappa shape index (κ2) is 4.80. The van der Waals surface area contributed by atoms with Crippen molar-refractivity contribution < 1.29 is 0 Å². The normalized spacial score (nSPS) is 12.7. The molecular formula is C12H14BrN3. The van der Waals surface area contributed by atoms with Crippen LogP contribution in [0.25, 0.3) is 0 Å². The Labute approximate surface area is 103 Å². The summed E-state index contributed by atoms with van der Waals surface area (Å²) in [5, 5.41) is 4.41. The summed E-state index contributed by atoms with van der Waals surface area (Å²) in [6.07, 6.45) is 1.97. The molecule has 0 amide bonds. The quantitative estimate of drug-likeness (QED) is 0.938. The Morgan fingerprint density at radius 1 is 1.44 bits per heavy atom. The summed E-state index contributed by atoms with van der Waals surface area (Å²) >= 11 is 3.47. The summed E-state index contributed by atoms with van der Waals surface area (Å²) < 4.78 is 2.98. The van der Waals surface area contributed by atoms with E-state index in [9.17, 15) is 0 Å². The van der Waals surface area contributed by atoms with Gasteiger partial charge in [-0.1, -0.05) is 28.1 Å². The highest BCUT2D eigenvalue weighted by atomic mass is 79.9. The molecule has 0 spiro atoms. The summed E-state index contributed by atoms with van der Waals surface area (Å²) in [5.74, 6) is 0. The number of benzene rings is 1. The lowest BCUT2D eigenvalue weighted by molar-refractivity contribution is 0.528. The Balaban J connectivity index is 2.36. The Morgan fingerprint density at radius 3 is 2.81 bits per heavy atom. The molecule has 2 aromatic rings. The monoisotopic (exact) mass is 279 g/mol. The van der Waals surface area contributed by atoms with Crippen molar-refractivity contribution in [2.24, 2.45) is 5.73 Å². The Morgan fingerprint density at radius 2 is 2.25 bits per heavy atom. The molecule has 0 radical (unpaired) electrons. The molecule has 1 aromatic heterocycles. The van der Waals surface area contributed by atoms with Gasteiger partial charge in [0.2, 0.25) is 0 Å². The molecule has 0 saturated carbocycles. The summed E-state index contributed by atoms with van der Waals surface area (Å²) in [6, 6.07) is 10.3. The maximum atomic E-state index is 5.82. The van der Waals surface area contributed by atoms with Crippen molar-refractivity contribution in [1.82, 2.24) is 9.78 Å². The lowest BCUT2D eigenvalue weighted by Crippen LogP contribution is -2.21. The molecule has 2 N–H and O–H groups in total. The van der Waals surface area contributed by atoms with Gasteiger partial charge in [0.1, 0.15) is 0 Å². The van der Waals surface area contributed by atoms with Gasteiger partial charge in [-0.3, -0.25) is 4.68 Å². The maximum absolute atomic E-state index is 5.82. The van der Waals surface area contributed by atoms with E-state index in [0.29, 0.717) is 6.54 Å². The standard InChI is InChI=1S/C12H14BrN3/c1-9-5-6-16(15-9)12(8-14)10-3-2-4-11(13)7-10/h2-7,12H,8,14H2,1H3. The van der Waals surface area contributed by atoms with Gasteiger partial charge < -0.3 is 5.73 Å². The summed E-state index contributed by atoms with van der Waals surface area (Å²) in [4.78, 5) is 0. The first-order valence-electron chi connectivity index (χ1n) is 5.18. The van der Waals surface area contributed by atoms with Crippen molar-refractivity contribution >= 4 is 15.9 Å². The molecule has 1 unspecified atom stereocenters. The van der Waals surface area contributed by atoms with E-state index in [1.165, 1.54) is 5.56 Å². The van der Waals surface area contributed by atoms with E-state index in [0.717, 1.165) is 10.2 Å². The fourth-order valence-corrected chi connectivity index (χ4v) is 2.13. The predicted molar refractivity (Wildman–Crippen MR) is 68.3 cm³/mol. The van der Waals surface area contributed by atoms with Gasteiger partial charge in [0.05, 0.1) is 11.7 Å².